The predicted octanol–water partition coefficient (Wildman–Crippen LogP) is 5.57. The topological polar surface area (TPSA) is 21.3 Å². The predicted molar refractivity (Wildman–Crippen MR) is 90.8 cm³/mol. The minimum absolute atomic E-state index is 0.0820. The van der Waals surface area contributed by atoms with Crippen molar-refractivity contribution in [3.8, 4) is 5.75 Å². The maximum absolute atomic E-state index is 6.15. The SMILES string of the molecule is CCC(CNc1ccc(Cl)cc1Cl)Oc1cccc(C)c1. The Morgan fingerprint density at radius 2 is 1.95 bits per heavy atom. The highest BCUT2D eigenvalue weighted by Crippen LogP contribution is 2.25. The van der Waals surface area contributed by atoms with Crippen LogP contribution in [0.5, 0.6) is 5.75 Å². The van der Waals surface area contributed by atoms with E-state index >= 15 is 0 Å². The van der Waals surface area contributed by atoms with Gasteiger partial charge in [-0.3, -0.25) is 0 Å². The molecule has 2 rings (SSSR count). The first-order chi connectivity index (χ1) is 10.1. The molecule has 0 heterocycles. The molecule has 1 atom stereocenters. The van der Waals surface area contributed by atoms with E-state index in [1.54, 1.807) is 6.07 Å². The standard InChI is InChI=1S/C17H19Cl2NO/c1-3-14(21-15-6-4-5-12(2)9-15)11-20-17-8-7-13(18)10-16(17)19/h4-10,14,20H,3,11H2,1-2H3. The number of ether oxygens (including phenoxy) is 1. The van der Waals surface area contributed by atoms with E-state index in [0.717, 1.165) is 17.9 Å². The van der Waals surface area contributed by atoms with E-state index < -0.39 is 0 Å². The molecule has 21 heavy (non-hydrogen) atoms. The van der Waals surface area contributed by atoms with Gasteiger partial charge in [0.2, 0.25) is 0 Å². The highest BCUT2D eigenvalue weighted by Gasteiger charge is 2.09. The minimum Gasteiger partial charge on any atom is -0.489 e. The van der Waals surface area contributed by atoms with Crippen LogP contribution in [0.1, 0.15) is 18.9 Å². The molecule has 0 spiro atoms. The van der Waals surface area contributed by atoms with Gasteiger partial charge >= 0.3 is 0 Å². The summed E-state index contributed by atoms with van der Waals surface area (Å²) in [6.45, 7) is 4.84. The van der Waals surface area contributed by atoms with Gasteiger partial charge in [-0.2, -0.15) is 0 Å². The molecular weight excluding hydrogens is 305 g/mol. The molecule has 1 unspecified atom stereocenters. The summed E-state index contributed by atoms with van der Waals surface area (Å²) in [7, 11) is 0. The highest BCUT2D eigenvalue weighted by atomic mass is 35.5. The first-order valence-corrected chi connectivity index (χ1v) is 7.76. The zero-order chi connectivity index (χ0) is 15.2. The van der Waals surface area contributed by atoms with Crippen LogP contribution in [-0.2, 0) is 0 Å². The average molecular weight is 324 g/mol. The summed E-state index contributed by atoms with van der Waals surface area (Å²) in [6, 6.07) is 13.5. The monoisotopic (exact) mass is 323 g/mol. The maximum Gasteiger partial charge on any atom is 0.120 e. The molecule has 0 saturated carbocycles. The Bertz CT molecular complexity index is 601. The summed E-state index contributed by atoms with van der Waals surface area (Å²) in [5.41, 5.74) is 2.06. The second-order valence-corrected chi connectivity index (χ2v) is 5.81. The molecule has 112 valence electrons. The van der Waals surface area contributed by atoms with Gasteiger partial charge in [-0.05, 0) is 49.2 Å². The number of anilines is 1. The maximum atomic E-state index is 6.15. The number of hydrogen-bond acceptors (Lipinski definition) is 2. The minimum atomic E-state index is 0.0820. The van der Waals surface area contributed by atoms with E-state index in [9.17, 15) is 0 Å². The van der Waals surface area contributed by atoms with E-state index in [0.29, 0.717) is 16.6 Å². The summed E-state index contributed by atoms with van der Waals surface area (Å²) in [5.74, 6) is 0.894. The van der Waals surface area contributed by atoms with E-state index in [2.05, 4.69) is 25.2 Å². The van der Waals surface area contributed by atoms with Gasteiger partial charge in [0, 0.05) is 5.02 Å². The molecular formula is C17H19Cl2NO. The number of benzene rings is 2. The summed E-state index contributed by atoms with van der Waals surface area (Å²) in [6.07, 6.45) is 0.991. The molecule has 2 nitrogen and oxygen atoms in total. The fourth-order valence-electron chi connectivity index (χ4n) is 2.01. The highest BCUT2D eigenvalue weighted by molar-refractivity contribution is 6.36. The first-order valence-electron chi connectivity index (χ1n) is 7.00. The van der Waals surface area contributed by atoms with Gasteiger partial charge in [0.25, 0.3) is 0 Å². The molecule has 0 aliphatic rings. The number of nitrogens with one attached hydrogen (secondary N) is 1. The fraction of sp³-hybridized carbons (Fsp3) is 0.294. The summed E-state index contributed by atoms with van der Waals surface area (Å²) in [4.78, 5) is 0. The molecule has 0 amide bonds. The first kappa shape index (κ1) is 16.0. The second-order valence-electron chi connectivity index (χ2n) is 4.97. The normalized spacial score (nSPS) is 12.0. The van der Waals surface area contributed by atoms with Crippen molar-refractivity contribution < 1.29 is 4.74 Å². The van der Waals surface area contributed by atoms with Crippen LogP contribution in [0, 0.1) is 6.92 Å². The van der Waals surface area contributed by atoms with Gasteiger partial charge in [0.15, 0.2) is 0 Å². The lowest BCUT2D eigenvalue weighted by Crippen LogP contribution is -2.25. The molecule has 0 radical (unpaired) electrons. The summed E-state index contributed by atoms with van der Waals surface area (Å²) in [5, 5.41) is 4.56. The number of halogens is 2. The molecule has 0 bridgehead atoms. The summed E-state index contributed by atoms with van der Waals surface area (Å²) >= 11 is 12.0. The Labute approximate surface area is 136 Å². The quantitative estimate of drug-likeness (QED) is 0.750. The lowest BCUT2D eigenvalue weighted by atomic mass is 10.2. The van der Waals surface area contributed by atoms with Gasteiger partial charge in [0.05, 0.1) is 17.3 Å². The Kier molecular flexibility index (Phi) is 5.77. The Hall–Kier alpha value is -1.38. The summed E-state index contributed by atoms with van der Waals surface area (Å²) < 4.78 is 6.00. The molecule has 1 N–H and O–H groups in total. The molecule has 0 aliphatic heterocycles. The molecule has 4 heteroatoms. The van der Waals surface area contributed by atoms with Crippen molar-refractivity contribution in [3.05, 3.63) is 58.1 Å². The third-order valence-corrected chi connectivity index (χ3v) is 3.75. The fourth-order valence-corrected chi connectivity index (χ4v) is 2.48. The van der Waals surface area contributed by atoms with Crippen molar-refractivity contribution in [2.75, 3.05) is 11.9 Å². The number of aryl methyl sites for hydroxylation is 1. The van der Waals surface area contributed by atoms with Crippen LogP contribution in [0.4, 0.5) is 5.69 Å². The van der Waals surface area contributed by atoms with Gasteiger partial charge < -0.3 is 10.1 Å². The van der Waals surface area contributed by atoms with Crippen molar-refractivity contribution in [1.29, 1.82) is 0 Å². The third kappa shape index (κ3) is 4.83. The van der Waals surface area contributed by atoms with Crippen LogP contribution in [0.3, 0.4) is 0 Å². The Morgan fingerprint density at radius 3 is 2.62 bits per heavy atom. The van der Waals surface area contributed by atoms with Gasteiger partial charge in [-0.25, -0.2) is 0 Å². The lowest BCUT2D eigenvalue weighted by molar-refractivity contribution is 0.210. The van der Waals surface area contributed by atoms with Crippen LogP contribution in [0.25, 0.3) is 0 Å². The molecule has 0 fully saturated rings. The van der Waals surface area contributed by atoms with Gasteiger partial charge in [-0.1, -0.05) is 42.3 Å². The van der Waals surface area contributed by atoms with Gasteiger partial charge in [-0.15, -0.1) is 0 Å². The van der Waals surface area contributed by atoms with Crippen LogP contribution >= 0.6 is 23.2 Å². The van der Waals surface area contributed by atoms with Gasteiger partial charge in [0.1, 0.15) is 11.9 Å². The molecule has 0 aromatic heterocycles. The Morgan fingerprint density at radius 1 is 1.14 bits per heavy atom. The van der Waals surface area contributed by atoms with Crippen molar-refractivity contribution in [2.45, 2.75) is 26.4 Å². The largest absolute Gasteiger partial charge is 0.489 e. The van der Waals surface area contributed by atoms with E-state index in [1.165, 1.54) is 5.56 Å². The number of rotatable bonds is 6. The number of hydrogen-bond donors (Lipinski definition) is 1. The molecule has 2 aromatic rings. The Balaban J connectivity index is 1.96. The average Bonchev–Trinajstić information content (AvgIpc) is 2.45. The van der Waals surface area contributed by atoms with Crippen LogP contribution in [-0.4, -0.2) is 12.6 Å². The van der Waals surface area contributed by atoms with E-state index in [4.69, 9.17) is 27.9 Å². The zero-order valence-electron chi connectivity index (χ0n) is 12.2. The molecule has 0 aliphatic carbocycles. The lowest BCUT2D eigenvalue weighted by Gasteiger charge is -2.19. The zero-order valence-corrected chi connectivity index (χ0v) is 13.7. The third-order valence-electron chi connectivity index (χ3n) is 3.20. The molecule has 0 saturated heterocycles. The van der Waals surface area contributed by atoms with Crippen LogP contribution in [0.2, 0.25) is 10.0 Å². The van der Waals surface area contributed by atoms with Crippen LogP contribution < -0.4 is 10.1 Å². The smallest absolute Gasteiger partial charge is 0.120 e. The van der Waals surface area contributed by atoms with Crippen molar-refractivity contribution in [3.63, 3.8) is 0 Å². The van der Waals surface area contributed by atoms with Crippen LogP contribution in [0.15, 0.2) is 42.5 Å². The van der Waals surface area contributed by atoms with E-state index in [1.807, 2.05) is 30.3 Å². The molecule has 2 aromatic carbocycles. The second kappa shape index (κ2) is 7.58. The van der Waals surface area contributed by atoms with Crippen molar-refractivity contribution >= 4 is 28.9 Å². The van der Waals surface area contributed by atoms with E-state index in [-0.39, 0.29) is 6.10 Å². The van der Waals surface area contributed by atoms with Crippen molar-refractivity contribution in [1.82, 2.24) is 0 Å². The van der Waals surface area contributed by atoms with Crippen molar-refractivity contribution in [2.24, 2.45) is 0 Å².